The second-order valence-corrected chi connectivity index (χ2v) is 9.48. The van der Waals surface area contributed by atoms with Gasteiger partial charge in [0.05, 0.1) is 24.3 Å². The molecule has 8 heteroatoms. The van der Waals surface area contributed by atoms with Gasteiger partial charge in [-0.05, 0) is 48.9 Å². The van der Waals surface area contributed by atoms with Gasteiger partial charge in [0.1, 0.15) is 5.75 Å². The predicted molar refractivity (Wildman–Crippen MR) is 139 cm³/mol. The summed E-state index contributed by atoms with van der Waals surface area (Å²) in [6.07, 6.45) is 2.07. The normalized spacial score (nSPS) is 17.9. The molecule has 2 aromatic rings. The van der Waals surface area contributed by atoms with Gasteiger partial charge in [-0.1, -0.05) is 54.7 Å². The van der Waals surface area contributed by atoms with Crippen LogP contribution in [0.1, 0.15) is 38.2 Å². The van der Waals surface area contributed by atoms with Crippen LogP contribution in [0.3, 0.4) is 0 Å². The van der Waals surface area contributed by atoms with Gasteiger partial charge >= 0.3 is 0 Å². The van der Waals surface area contributed by atoms with E-state index in [0.717, 1.165) is 18.6 Å². The summed E-state index contributed by atoms with van der Waals surface area (Å²) in [7, 11) is 1.55. The minimum atomic E-state index is -0.660. The first kappa shape index (κ1) is 25.2. The average Bonchev–Trinajstić information content (AvgIpc) is 2.79. The number of halogens is 2. The van der Waals surface area contributed by atoms with E-state index in [4.69, 9.17) is 39.5 Å². The Morgan fingerprint density at radius 3 is 2.70 bits per heavy atom. The Bertz CT molecular complexity index is 1140. The van der Waals surface area contributed by atoms with Crippen molar-refractivity contribution in [2.75, 3.05) is 18.2 Å². The Labute approximate surface area is 209 Å². The first-order chi connectivity index (χ1) is 15.9. The molecule has 0 radical (unpaired) electrons. The molecular weight excluding hydrogens is 477 g/mol. The molecule has 172 valence electrons. The number of para-hydroxylation sites is 2. The predicted octanol–water partition coefficient (Wildman–Crippen LogP) is 7.23. The van der Waals surface area contributed by atoms with Crippen LogP contribution in [0, 0.1) is 6.57 Å². The number of rotatable bonds is 7. The fraction of sp³-hybridized carbons (Fsp3) is 0.320. The van der Waals surface area contributed by atoms with E-state index in [9.17, 15) is 4.79 Å². The molecule has 3 rings (SSSR count). The molecule has 2 atom stereocenters. The van der Waals surface area contributed by atoms with Crippen molar-refractivity contribution in [2.45, 2.75) is 38.6 Å². The number of hydrogen-bond acceptors (Lipinski definition) is 4. The van der Waals surface area contributed by atoms with Gasteiger partial charge < -0.3 is 14.9 Å². The number of benzene rings is 2. The number of carbonyl (C=O) groups excluding carboxylic acids is 1. The molecule has 1 amide bonds. The van der Waals surface area contributed by atoms with Crippen molar-refractivity contribution in [1.29, 1.82) is 0 Å². The number of unbranched alkanes of at least 4 members (excludes halogenated alkanes) is 1. The van der Waals surface area contributed by atoms with Crippen LogP contribution in [-0.2, 0) is 4.79 Å². The Morgan fingerprint density at radius 2 is 2.03 bits per heavy atom. The lowest BCUT2D eigenvalue weighted by Gasteiger charge is -2.28. The van der Waals surface area contributed by atoms with Crippen LogP contribution < -0.4 is 10.1 Å². The zero-order valence-corrected chi connectivity index (χ0v) is 21.0. The van der Waals surface area contributed by atoms with E-state index < -0.39 is 12.0 Å². The van der Waals surface area contributed by atoms with Gasteiger partial charge in [0.2, 0.25) is 0 Å². The van der Waals surface area contributed by atoms with E-state index in [2.05, 4.69) is 17.1 Å². The third-order valence-electron chi connectivity index (χ3n) is 5.33. The molecular formula is C25H25Cl2N3O2S. The number of nitrogens with zero attached hydrogens (tertiary/aromatic N) is 2. The lowest BCUT2D eigenvalue weighted by molar-refractivity contribution is -0.113. The highest BCUT2D eigenvalue weighted by atomic mass is 35.5. The number of amides is 1. The van der Waals surface area contributed by atoms with E-state index in [1.807, 2.05) is 12.1 Å². The van der Waals surface area contributed by atoms with Crippen molar-refractivity contribution < 1.29 is 9.53 Å². The summed E-state index contributed by atoms with van der Waals surface area (Å²) >= 11 is 14.3. The molecule has 2 aromatic carbocycles. The second kappa shape index (κ2) is 11.6. The Morgan fingerprint density at radius 1 is 1.27 bits per heavy atom. The van der Waals surface area contributed by atoms with Crippen LogP contribution >= 0.6 is 35.0 Å². The van der Waals surface area contributed by atoms with Gasteiger partial charge in [-0.2, -0.15) is 0 Å². The maximum absolute atomic E-state index is 13.6. The molecule has 0 aromatic heterocycles. The molecule has 1 heterocycles. The Balaban J connectivity index is 2.10. The van der Waals surface area contributed by atoms with Gasteiger partial charge in [-0.15, -0.1) is 11.8 Å². The number of ether oxygens (including phenoxy) is 1. The standard InChI is InChI=1S/C25H25Cl2N3O2S/c1-5-6-13-33-25-23(28-3)22(17-12-11-16(26)14-18(17)27)21(15(2)29-25)24(31)30-19-9-7-8-10-20(19)32-4/h7-12,14,22-23H,5-6,13H2,1-2,4H3,(H,30,31). The fourth-order valence-corrected chi connectivity index (χ4v) is 5.44. The number of nitrogens with one attached hydrogen (secondary N) is 1. The van der Waals surface area contributed by atoms with E-state index in [1.54, 1.807) is 56.1 Å². The van der Waals surface area contributed by atoms with Crippen LogP contribution in [0.15, 0.2) is 58.7 Å². The Hall–Kier alpha value is -2.46. The number of hydrogen-bond donors (Lipinski definition) is 1. The van der Waals surface area contributed by atoms with Crippen LogP contribution in [0.2, 0.25) is 10.0 Å². The van der Waals surface area contributed by atoms with E-state index in [0.29, 0.717) is 43.4 Å². The first-order valence-electron chi connectivity index (χ1n) is 10.6. The highest BCUT2D eigenvalue weighted by Gasteiger charge is 2.44. The third kappa shape index (κ3) is 5.73. The summed E-state index contributed by atoms with van der Waals surface area (Å²) in [4.78, 5) is 22.2. The van der Waals surface area contributed by atoms with Gasteiger partial charge in [-0.25, -0.2) is 11.6 Å². The van der Waals surface area contributed by atoms with Crippen molar-refractivity contribution in [2.24, 2.45) is 4.99 Å². The van der Waals surface area contributed by atoms with Gasteiger partial charge in [0.25, 0.3) is 11.9 Å². The zero-order chi connectivity index (χ0) is 24.0. The largest absolute Gasteiger partial charge is 0.495 e. The molecule has 0 saturated heterocycles. The zero-order valence-electron chi connectivity index (χ0n) is 18.7. The summed E-state index contributed by atoms with van der Waals surface area (Å²) in [5.74, 6) is 0.479. The molecule has 0 aliphatic carbocycles. The van der Waals surface area contributed by atoms with Crippen molar-refractivity contribution in [1.82, 2.24) is 0 Å². The van der Waals surface area contributed by atoms with Gasteiger partial charge in [0, 0.05) is 15.7 Å². The van der Waals surface area contributed by atoms with Gasteiger partial charge in [0.15, 0.2) is 5.04 Å². The van der Waals surface area contributed by atoms with E-state index in [-0.39, 0.29) is 5.91 Å². The lowest BCUT2D eigenvalue weighted by atomic mass is 9.82. The van der Waals surface area contributed by atoms with Crippen molar-refractivity contribution >= 4 is 51.6 Å². The topological polar surface area (TPSA) is 55.0 Å². The smallest absolute Gasteiger partial charge is 0.282 e. The number of thioether (sulfide) groups is 1. The second-order valence-electron chi connectivity index (χ2n) is 7.52. The molecule has 0 saturated carbocycles. The SMILES string of the molecule is [C-]#[N+]C1C(SCCCC)=NC(C)=C(C(=O)Nc2ccccc2OC)C1c1ccc(Cl)cc1Cl. The quantitative estimate of drug-likeness (QED) is 0.321. The van der Waals surface area contributed by atoms with Crippen molar-refractivity contribution in [3.63, 3.8) is 0 Å². The van der Waals surface area contributed by atoms with E-state index in [1.165, 1.54) is 0 Å². The van der Waals surface area contributed by atoms with Crippen molar-refractivity contribution in [3.05, 3.63) is 80.8 Å². The van der Waals surface area contributed by atoms with Gasteiger partial charge in [-0.3, -0.25) is 4.79 Å². The highest BCUT2D eigenvalue weighted by Crippen LogP contribution is 2.43. The van der Waals surface area contributed by atoms with E-state index >= 15 is 0 Å². The summed E-state index contributed by atoms with van der Waals surface area (Å²) in [5, 5.41) is 4.55. The Kier molecular flexibility index (Phi) is 8.85. The molecule has 1 aliphatic heterocycles. The van der Waals surface area contributed by atoms with Crippen LogP contribution in [0.25, 0.3) is 4.85 Å². The molecule has 0 fully saturated rings. The monoisotopic (exact) mass is 501 g/mol. The maximum atomic E-state index is 13.6. The molecule has 0 spiro atoms. The fourth-order valence-electron chi connectivity index (χ4n) is 3.71. The average molecular weight is 502 g/mol. The molecule has 33 heavy (non-hydrogen) atoms. The highest BCUT2D eigenvalue weighted by molar-refractivity contribution is 8.14. The number of allylic oxidation sites excluding steroid dienone is 1. The molecule has 1 N–H and O–H groups in total. The molecule has 5 nitrogen and oxygen atoms in total. The minimum absolute atomic E-state index is 0.344. The summed E-state index contributed by atoms with van der Waals surface area (Å²) in [5.41, 5.74) is 2.19. The lowest BCUT2D eigenvalue weighted by Crippen LogP contribution is -2.34. The summed E-state index contributed by atoms with van der Waals surface area (Å²) < 4.78 is 5.37. The van der Waals surface area contributed by atoms with Crippen LogP contribution in [0.5, 0.6) is 5.75 Å². The maximum Gasteiger partial charge on any atom is 0.282 e. The molecule has 1 aliphatic rings. The minimum Gasteiger partial charge on any atom is -0.495 e. The van der Waals surface area contributed by atoms with Crippen LogP contribution in [0.4, 0.5) is 5.69 Å². The number of methoxy groups -OCH3 is 1. The number of anilines is 1. The molecule has 0 bridgehead atoms. The third-order valence-corrected chi connectivity index (χ3v) is 7.02. The van der Waals surface area contributed by atoms with Crippen LogP contribution in [-0.4, -0.2) is 29.9 Å². The number of carbonyl (C=O) groups is 1. The molecule has 2 unspecified atom stereocenters. The number of aliphatic imine (C=N–C) groups is 1. The summed E-state index contributed by atoms with van der Waals surface area (Å²) in [6.45, 7) is 11.9. The van der Waals surface area contributed by atoms with Crippen molar-refractivity contribution in [3.8, 4) is 5.75 Å². The summed E-state index contributed by atoms with van der Waals surface area (Å²) in [6, 6.07) is 11.7. The first-order valence-corrected chi connectivity index (χ1v) is 12.3.